The third-order valence-corrected chi connectivity index (χ3v) is 3.44. The van der Waals surface area contributed by atoms with Gasteiger partial charge in [-0.15, -0.1) is 0 Å². The van der Waals surface area contributed by atoms with Crippen LogP contribution in [0.2, 0.25) is 0 Å². The summed E-state index contributed by atoms with van der Waals surface area (Å²) in [5.41, 5.74) is 2.39. The normalized spacial score (nSPS) is 10.4. The predicted octanol–water partition coefficient (Wildman–Crippen LogP) is 3.06. The number of nitrogens with one attached hydrogen (secondary N) is 1. The zero-order chi connectivity index (χ0) is 16.8. The summed E-state index contributed by atoms with van der Waals surface area (Å²) >= 11 is 0. The fraction of sp³-hybridized carbons (Fsp3) is 0.167. The summed E-state index contributed by atoms with van der Waals surface area (Å²) in [6.45, 7) is 0.381. The van der Waals surface area contributed by atoms with Crippen molar-refractivity contribution in [1.29, 1.82) is 0 Å². The summed E-state index contributed by atoms with van der Waals surface area (Å²) in [5.74, 6) is 0.757. The van der Waals surface area contributed by atoms with Gasteiger partial charge in [-0.2, -0.15) is 4.98 Å². The van der Waals surface area contributed by atoms with Crippen molar-refractivity contribution >= 4 is 11.7 Å². The Morgan fingerprint density at radius 2 is 2.00 bits per heavy atom. The summed E-state index contributed by atoms with van der Waals surface area (Å²) in [5, 5.41) is 7.14. The molecule has 0 unspecified atom stereocenters. The average molecular weight is 323 g/mol. The largest absolute Gasteiger partial charge is 0.465 e. The molecular weight excluding hydrogens is 306 g/mol. The van der Waals surface area contributed by atoms with Gasteiger partial charge in [0.25, 0.3) is 0 Å². The molecule has 122 valence electrons. The molecule has 2 aromatic carbocycles. The molecule has 3 aromatic rings. The Labute approximate surface area is 139 Å². The van der Waals surface area contributed by atoms with Crippen LogP contribution in [-0.2, 0) is 17.7 Å². The molecule has 0 aliphatic heterocycles. The zero-order valence-electron chi connectivity index (χ0n) is 13.2. The lowest BCUT2D eigenvalue weighted by atomic mass is 10.1. The first-order chi connectivity index (χ1) is 11.7. The van der Waals surface area contributed by atoms with Gasteiger partial charge in [0.05, 0.1) is 19.2 Å². The van der Waals surface area contributed by atoms with Crippen LogP contribution < -0.4 is 5.32 Å². The van der Waals surface area contributed by atoms with Gasteiger partial charge >= 0.3 is 5.97 Å². The van der Waals surface area contributed by atoms with E-state index in [0.29, 0.717) is 30.2 Å². The Bertz CT molecular complexity index is 815. The molecular formula is C18H17N3O3. The van der Waals surface area contributed by atoms with Crippen molar-refractivity contribution in [2.24, 2.45) is 0 Å². The maximum atomic E-state index is 11.5. The molecule has 0 aliphatic rings. The van der Waals surface area contributed by atoms with E-state index in [0.717, 1.165) is 11.3 Å². The van der Waals surface area contributed by atoms with E-state index in [4.69, 9.17) is 9.26 Å². The van der Waals surface area contributed by atoms with Gasteiger partial charge in [0.15, 0.2) is 5.82 Å². The Morgan fingerprint density at radius 1 is 1.17 bits per heavy atom. The molecule has 1 heterocycles. The average Bonchev–Trinajstić information content (AvgIpc) is 3.08. The summed E-state index contributed by atoms with van der Waals surface area (Å²) in [6, 6.07) is 17.0. The van der Waals surface area contributed by atoms with E-state index in [-0.39, 0.29) is 5.97 Å². The van der Waals surface area contributed by atoms with Gasteiger partial charge in [-0.25, -0.2) is 4.79 Å². The molecule has 6 nitrogen and oxygen atoms in total. The minimum atomic E-state index is -0.374. The Morgan fingerprint density at radius 3 is 2.79 bits per heavy atom. The molecule has 0 bridgehead atoms. The first kappa shape index (κ1) is 15.7. The van der Waals surface area contributed by atoms with Gasteiger partial charge in [-0.05, 0) is 23.8 Å². The van der Waals surface area contributed by atoms with Crippen molar-refractivity contribution < 1.29 is 14.1 Å². The quantitative estimate of drug-likeness (QED) is 0.703. The van der Waals surface area contributed by atoms with E-state index >= 15 is 0 Å². The molecule has 24 heavy (non-hydrogen) atoms. The molecule has 0 spiro atoms. The monoisotopic (exact) mass is 323 g/mol. The summed E-state index contributed by atoms with van der Waals surface area (Å²) in [7, 11) is 1.36. The van der Waals surface area contributed by atoms with E-state index in [9.17, 15) is 4.79 Å². The topological polar surface area (TPSA) is 77.2 Å². The van der Waals surface area contributed by atoms with Crippen LogP contribution in [0.3, 0.4) is 0 Å². The van der Waals surface area contributed by atoms with Crippen molar-refractivity contribution in [3.05, 3.63) is 77.4 Å². The number of carbonyl (C=O) groups excluding carboxylic acids is 1. The minimum Gasteiger partial charge on any atom is -0.465 e. The van der Waals surface area contributed by atoms with Crippen LogP contribution >= 0.6 is 0 Å². The van der Waals surface area contributed by atoms with Crippen LogP contribution in [0.1, 0.15) is 27.6 Å². The van der Waals surface area contributed by atoms with E-state index in [1.807, 2.05) is 36.4 Å². The number of anilines is 1. The van der Waals surface area contributed by atoms with E-state index in [1.165, 1.54) is 7.11 Å². The standard InChI is InChI=1S/C18H17N3O3/c1-23-18(22)14-8-5-9-15(11-14)19-12-17-20-16(21-24-17)10-13-6-3-2-4-7-13/h2-9,11,19H,10,12H2,1H3. The van der Waals surface area contributed by atoms with Crippen LogP contribution in [-0.4, -0.2) is 23.2 Å². The predicted molar refractivity (Wildman–Crippen MR) is 88.7 cm³/mol. The van der Waals surface area contributed by atoms with Crippen molar-refractivity contribution in [2.45, 2.75) is 13.0 Å². The molecule has 0 atom stereocenters. The van der Waals surface area contributed by atoms with Crippen LogP contribution in [0.25, 0.3) is 0 Å². The Balaban J connectivity index is 1.60. The lowest BCUT2D eigenvalue weighted by Gasteiger charge is -2.05. The fourth-order valence-electron chi connectivity index (χ4n) is 2.26. The van der Waals surface area contributed by atoms with Gasteiger partial charge < -0.3 is 14.6 Å². The molecule has 0 saturated heterocycles. The molecule has 0 aliphatic carbocycles. The first-order valence-electron chi connectivity index (χ1n) is 7.52. The molecule has 1 aromatic heterocycles. The van der Waals surface area contributed by atoms with E-state index in [1.54, 1.807) is 18.2 Å². The smallest absolute Gasteiger partial charge is 0.337 e. The number of nitrogens with zero attached hydrogens (tertiary/aromatic N) is 2. The first-order valence-corrected chi connectivity index (χ1v) is 7.52. The van der Waals surface area contributed by atoms with Gasteiger partial charge in [0.2, 0.25) is 5.89 Å². The number of aromatic nitrogens is 2. The maximum Gasteiger partial charge on any atom is 0.337 e. The number of hydrogen-bond donors (Lipinski definition) is 1. The SMILES string of the molecule is COC(=O)c1cccc(NCc2nc(Cc3ccccc3)no2)c1. The van der Waals surface area contributed by atoms with Crippen molar-refractivity contribution in [1.82, 2.24) is 10.1 Å². The summed E-state index contributed by atoms with van der Waals surface area (Å²) < 4.78 is 9.95. The zero-order valence-corrected chi connectivity index (χ0v) is 13.2. The van der Waals surface area contributed by atoms with Gasteiger partial charge in [0.1, 0.15) is 0 Å². The highest BCUT2D eigenvalue weighted by Gasteiger charge is 2.08. The second-order valence-corrected chi connectivity index (χ2v) is 5.19. The molecule has 0 fully saturated rings. The van der Waals surface area contributed by atoms with E-state index < -0.39 is 0 Å². The highest BCUT2D eigenvalue weighted by Crippen LogP contribution is 2.13. The Kier molecular flexibility index (Phi) is 4.86. The molecule has 0 saturated carbocycles. The summed E-state index contributed by atoms with van der Waals surface area (Å²) in [6.07, 6.45) is 0.627. The minimum absolute atomic E-state index is 0.374. The van der Waals surface area contributed by atoms with Crippen molar-refractivity contribution in [3.63, 3.8) is 0 Å². The third-order valence-electron chi connectivity index (χ3n) is 3.44. The molecule has 3 rings (SSSR count). The molecule has 0 radical (unpaired) electrons. The molecule has 1 N–H and O–H groups in total. The van der Waals surface area contributed by atoms with Crippen LogP contribution in [0, 0.1) is 0 Å². The van der Waals surface area contributed by atoms with Gasteiger partial charge in [-0.1, -0.05) is 41.6 Å². The Hall–Kier alpha value is -3.15. The number of ether oxygens (including phenoxy) is 1. The summed E-state index contributed by atoms with van der Waals surface area (Å²) in [4.78, 5) is 15.9. The van der Waals surface area contributed by atoms with Crippen LogP contribution in [0.4, 0.5) is 5.69 Å². The van der Waals surface area contributed by atoms with Crippen LogP contribution in [0.15, 0.2) is 59.1 Å². The highest BCUT2D eigenvalue weighted by atomic mass is 16.5. The number of methoxy groups -OCH3 is 1. The van der Waals surface area contributed by atoms with Crippen molar-refractivity contribution in [2.75, 3.05) is 12.4 Å². The fourth-order valence-corrected chi connectivity index (χ4v) is 2.26. The van der Waals surface area contributed by atoms with Gasteiger partial charge in [-0.3, -0.25) is 0 Å². The lowest BCUT2D eigenvalue weighted by Crippen LogP contribution is -2.04. The number of benzene rings is 2. The third kappa shape index (κ3) is 3.98. The van der Waals surface area contributed by atoms with Gasteiger partial charge in [0, 0.05) is 12.1 Å². The molecule has 0 amide bonds. The second kappa shape index (κ2) is 7.41. The van der Waals surface area contributed by atoms with E-state index in [2.05, 4.69) is 15.5 Å². The van der Waals surface area contributed by atoms with Crippen molar-refractivity contribution in [3.8, 4) is 0 Å². The number of carbonyl (C=O) groups is 1. The molecule has 6 heteroatoms. The number of hydrogen-bond acceptors (Lipinski definition) is 6. The maximum absolute atomic E-state index is 11.5. The van der Waals surface area contributed by atoms with Crippen LogP contribution in [0.5, 0.6) is 0 Å². The number of rotatable bonds is 6. The number of esters is 1. The highest BCUT2D eigenvalue weighted by molar-refractivity contribution is 5.90. The second-order valence-electron chi connectivity index (χ2n) is 5.19. The lowest BCUT2D eigenvalue weighted by molar-refractivity contribution is 0.0601.